The van der Waals surface area contributed by atoms with E-state index in [1.54, 1.807) is 25.1 Å². The number of hydrogen-bond donors (Lipinski definition) is 2. The van der Waals surface area contributed by atoms with E-state index in [1.165, 1.54) is 13.2 Å². The van der Waals surface area contributed by atoms with Gasteiger partial charge < -0.3 is 15.8 Å². The van der Waals surface area contributed by atoms with Crippen molar-refractivity contribution in [3.63, 3.8) is 0 Å². The van der Waals surface area contributed by atoms with Gasteiger partial charge in [0, 0.05) is 5.69 Å². The summed E-state index contributed by atoms with van der Waals surface area (Å²) in [5, 5.41) is 11.6. The van der Waals surface area contributed by atoms with E-state index in [9.17, 15) is 9.59 Å². The fourth-order valence-electron chi connectivity index (χ4n) is 1.56. The van der Waals surface area contributed by atoms with Crippen molar-refractivity contribution in [2.45, 2.75) is 6.92 Å². The molecule has 7 heteroatoms. The molecule has 1 unspecified atom stereocenters. The zero-order valence-electron chi connectivity index (χ0n) is 11.0. The third-order valence-electron chi connectivity index (χ3n) is 2.44. The van der Waals surface area contributed by atoms with Crippen LogP contribution in [0.2, 0.25) is 0 Å². The molecule has 1 atom stereocenters. The Bertz CT molecular complexity index is 607. The second-order valence-electron chi connectivity index (χ2n) is 4.03. The highest BCUT2D eigenvalue weighted by atomic mass is 32.1. The van der Waals surface area contributed by atoms with E-state index in [4.69, 9.17) is 23.2 Å². The van der Waals surface area contributed by atoms with Gasteiger partial charge in [-0.1, -0.05) is 12.2 Å². The number of primary amides is 1. The number of esters is 1. The quantitative estimate of drug-likeness (QED) is 0.636. The van der Waals surface area contributed by atoms with Crippen LogP contribution in [-0.2, 0) is 9.53 Å². The topological polar surface area (TPSA) is 105 Å². The average Bonchev–Trinajstić information content (AvgIpc) is 2.37. The van der Waals surface area contributed by atoms with E-state index in [0.29, 0.717) is 11.3 Å². The van der Waals surface area contributed by atoms with Crippen LogP contribution in [-0.4, -0.2) is 24.0 Å². The number of anilines is 1. The van der Waals surface area contributed by atoms with Crippen molar-refractivity contribution in [2.75, 3.05) is 12.4 Å². The maximum absolute atomic E-state index is 11.5. The Balaban J connectivity index is 3.01. The number of aryl methyl sites for hydroxylation is 1. The van der Waals surface area contributed by atoms with Crippen molar-refractivity contribution in [1.29, 1.82) is 5.26 Å². The number of carbonyl (C=O) groups is 2. The minimum absolute atomic E-state index is 0.0126. The van der Waals surface area contributed by atoms with E-state index in [2.05, 4.69) is 10.1 Å². The highest BCUT2D eigenvalue weighted by Gasteiger charge is 2.20. The molecule has 0 aliphatic heterocycles. The first-order chi connectivity index (χ1) is 9.38. The molecular weight excluding hydrogens is 278 g/mol. The first-order valence-corrected chi connectivity index (χ1v) is 5.99. The average molecular weight is 291 g/mol. The third-order valence-corrected chi connectivity index (χ3v) is 2.78. The van der Waals surface area contributed by atoms with Crippen molar-refractivity contribution in [2.24, 2.45) is 11.7 Å². The Morgan fingerprint density at radius 2 is 2.10 bits per heavy atom. The molecule has 20 heavy (non-hydrogen) atoms. The number of nitrogens with one attached hydrogen (secondary N) is 1. The van der Waals surface area contributed by atoms with E-state index < -0.39 is 17.8 Å². The molecule has 0 bridgehead atoms. The monoisotopic (exact) mass is 291 g/mol. The summed E-state index contributed by atoms with van der Waals surface area (Å²) in [4.78, 5) is 22.5. The molecule has 0 fully saturated rings. The van der Waals surface area contributed by atoms with Gasteiger partial charge in [0.1, 0.15) is 4.99 Å². The number of benzene rings is 1. The molecule has 1 amide bonds. The standard InChI is InChI=1S/C13H13N3O3S/c1-7-3-8(13(18)19-2)5-9(4-7)16-12(20)10(6-14)11(15)17/h3-5,10H,1-2H3,(H2,15,17)(H,16,20). The summed E-state index contributed by atoms with van der Waals surface area (Å²) in [6.45, 7) is 1.79. The molecule has 6 nitrogen and oxygen atoms in total. The van der Waals surface area contributed by atoms with Crippen LogP contribution in [0.4, 0.5) is 5.69 Å². The number of nitrogens with zero attached hydrogens (tertiary/aromatic N) is 1. The maximum atomic E-state index is 11.5. The Morgan fingerprint density at radius 3 is 2.60 bits per heavy atom. The number of methoxy groups -OCH3 is 1. The lowest BCUT2D eigenvalue weighted by Gasteiger charge is -2.12. The molecule has 1 aromatic carbocycles. The molecular formula is C13H13N3O3S. The lowest BCUT2D eigenvalue weighted by atomic mass is 10.1. The first-order valence-electron chi connectivity index (χ1n) is 5.59. The summed E-state index contributed by atoms with van der Waals surface area (Å²) < 4.78 is 4.63. The Kier molecular flexibility index (Phi) is 5.17. The van der Waals surface area contributed by atoms with Crippen LogP contribution >= 0.6 is 12.2 Å². The summed E-state index contributed by atoms with van der Waals surface area (Å²) in [7, 11) is 1.28. The molecule has 0 aliphatic carbocycles. The predicted molar refractivity (Wildman–Crippen MR) is 77.0 cm³/mol. The number of thiocarbonyl (C=S) groups is 1. The molecule has 0 saturated heterocycles. The Labute approximate surface area is 121 Å². The molecule has 0 radical (unpaired) electrons. The third kappa shape index (κ3) is 3.76. The molecule has 0 heterocycles. The maximum Gasteiger partial charge on any atom is 0.337 e. The number of nitriles is 1. The van der Waals surface area contributed by atoms with Crippen molar-refractivity contribution in [3.05, 3.63) is 29.3 Å². The van der Waals surface area contributed by atoms with E-state index in [0.717, 1.165) is 5.56 Å². The molecule has 104 valence electrons. The molecule has 3 N–H and O–H groups in total. The number of rotatable bonds is 4. The van der Waals surface area contributed by atoms with Crippen molar-refractivity contribution in [1.82, 2.24) is 0 Å². The van der Waals surface area contributed by atoms with E-state index in [1.807, 2.05) is 0 Å². The summed E-state index contributed by atoms with van der Waals surface area (Å²) in [6, 6.07) is 6.59. The molecule has 0 saturated carbocycles. The van der Waals surface area contributed by atoms with Gasteiger partial charge in [-0.15, -0.1) is 0 Å². The number of ether oxygens (including phenoxy) is 1. The first kappa shape index (κ1) is 15.6. The van der Waals surface area contributed by atoms with E-state index in [-0.39, 0.29) is 4.99 Å². The van der Waals surface area contributed by atoms with E-state index >= 15 is 0 Å². The van der Waals surface area contributed by atoms with Gasteiger partial charge in [0.05, 0.1) is 18.7 Å². The van der Waals surface area contributed by atoms with Gasteiger partial charge in [-0.25, -0.2) is 4.79 Å². The zero-order chi connectivity index (χ0) is 15.3. The summed E-state index contributed by atoms with van der Waals surface area (Å²) >= 11 is 4.96. The van der Waals surface area contributed by atoms with Gasteiger partial charge in [0.2, 0.25) is 5.91 Å². The molecule has 0 aromatic heterocycles. The lowest BCUT2D eigenvalue weighted by Crippen LogP contribution is -2.32. The smallest absolute Gasteiger partial charge is 0.337 e. The highest BCUT2D eigenvalue weighted by molar-refractivity contribution is 7.80. The second kappa shape index (κ2) is 6.63. The van der Waals surface area contributed by atoms with Gasteiger partial charge in [-0.05, 0) is 30.7 Å². The van der Waals surface area contributed by atoms with Gasteiger partial charge in [-0.2, -0.15) is 5.26 Å². The van der Waals surface area contributed by atoms with Crippen molar-refractivity contribution < 1.29 is 14.3 Å². The number of hydrogen-bond acceptors (Lipinski definition) is 5. The summed E-state index contributed by atoms with van der Waals surface area (Å²) in [5.74, 6) is -2.53. The van der Waals surface area contributed by atoms with Crippen LogP contribution in [0.25, 0.3) is 0 Å². The number of carbonyl (C=O) groups excluding carboxylic acids is 2. The number of amides is 1. The van der Waals surface area contributed by atoms with Crippen LogP contribution in [0.5, 0.6) is 0 Å². The lowest BCUT2D eigenvalue weighted by molar-refractivity contribution is -0.118. The summed E-state index contributed by atoms with van der Waals surface area (Å²) in [6.07, 6.45) is 0. The Morgan fingerprint density at radius 1 is 1.45 bits per heavy atom. The second-order valence-corrected chi connectivity index (χ2v) is 4.47. The van der Waals surface area contributed by atoms with Crippen LogP contribution in [0, 0.1) is 24.2 Å². The van der Waals surface area contributed by atoms with Crippen LogP contribution in [0.15, 0.2) is 18.2 Å². The molecule has 0 aliphatic rings. The van der Waals surface area contributed by atoms with Crippen molar-refractivity contribution in [3.8, 4) is 6.07 Å². The fourth-order valence-corrected chi connectivity index (χ4v) is 1.84. The van der Waals surface area contributed by atoms with Gasteiger partial charge >= 0.3 is 5.97 Å². The minimum Gasteiger partial charge on any atom is -0.465 e. The van der Waals surface area contributed by atoms with Gasteiger partial charge in [0.25, 0.3) is 0 Å². The van der Waals surface area contributed by atoms with Gasteiger partial charge in [-0.3, -0.25) is 4.79 Å². The zero-order valence-corrected chi connectivity index (χ0v) is 11.8. The van der Waals surface area contributed by atoms with Crippen molar-refractivity contribution >= 4 is 34.8 Å². The molecule has 1 aromatic rings. The predicted octanol–water partition coefficient (Wildman–Crippen LogP) is 1.15. The number of nitrogens with two attached hydrogens (primary N) is 1. The molecule has 1 rings (SSSR count). The van der Waals surface area contributed by atoms with Gasteiger partial charge in [0.15, 0.2) is 5.92 Å². The fraction of sp³-hybridized carbons (Fsp3) is 0.231. The Hall–Kier alpha value is -2.46. The van der Waals surface area contributed by atoms with Crippen LogP contribution in [0.3, 0.4) is 0 Å². The minimum atomic E-state index is -1.22. The van der Waals surface area contributed by atoms with Crippen LogP contribution in [0.1, 0.15) is 15.9 Å². The molecule has 0 spiro atoms. The SMILES string of the molecule is COC(=O)c1cc(C)cc(NC(=S)C(C#N)C(N)=O)c1. The largest absolute Gasteiger partial charge is 0.465 e. The van der Waals surface area contributed by atoms with Crippen LogP contribution < -0.4 is 11.1 Å². The normalized spacial score (nSPS) is 11.1. The summed E-state index contributed by atoms with van der Waals surface area (Å²) in [5.41, 5.74) is 6.69. The highest BCUT2D eigenvalue weighted by Crippen LogP contribution is 2.16.